The predicted molar refractivity (Wildman–Crippen MR) is 62.6 cm³/mol. The third-order valence-electron chi connectivity index (χ3n) is 1.53. The highest BCUT2D eigenvalue weighted by molar-refractivity contribution is 7.81. The Kier molecular flexibility index (Phi) is 5.08. The van der Waals surface area contributed by atoms with Gasteiger partial charge in [0.25, 0.3) is 0 Å². The third-order valence-corrected chi connectivity index (χ3v) is 2.81. The Balaban J connectivity index is 4.93. The van der Waals surface area contributed by atoms with Crippen LogP contribution in [0.5, 0.6) is 0 Å². The van der Waals surface area contributed by atoms with Crippen molar-refractivity contribution in [3.8, 4) is 0 Å². The Morgan fingerprint density at radius 2 is 1.00 bits per heavy atom. The second-order valence-electron chi connectivity index (χ2n) is 4.56. The van der Waals surface area contributed by atoms with Gasteiger partial charge in [0.2, 0.25) is 0 Å². The molecule has 0 rings (SSSR count). The van der Waals surface area contributed by atoms with Gasteiger partial charge in [0, 0.05) is 0 Å². The SMILES string of the molecule is CC(C)(/C=C/C(C)(C)OS(=O)(=O)O)OS(=O)(=O)O. The summed E-state index contributed by atoms with van der Waals surface area (Å²) >= 11 is 0. The highest BCUT2D eigenvalue weighted by Gasteiger charge is 2.26. The van der Waals surface area contributed by atoms with Crippen LogP contribution in [0, 0.1) is 0 Å². The first-order valence-electron chi connectivity index (χ1n) is 4.68. The van der Waals surface area contributed by atoms with E-state index in [-0.39, 0.29) is 0 Å². The first-order valence-corrected chi connectivity index (χ1v) is 7.41. The lowest BCUT2D eigenvalue weighted by molar-refractivity contribution is 0.129. The minimum atomic E-state index is -4.64. The molecule has 0 saturated carbocycles. The van der Waals surface area contributed by atoms with Gasteiger partial charge in [-0.15, -0.1) is 0 Å². The molecule has 8 nitrogen and oxygen atoms in total. The van der Waals surface area contributed by atoms with Gasteiger partial charge in [0.1, 0.15) is 11.2 Å². The van der Waals surface area contributed by atoms with Gasteiger partial charge in [-0.2, -0.15) is 16.8 Å². The Hall–Kier alpha value is -0.520. The highest BCUT2D eigenvalue weighted by Crippen LogP contribution is 2.19. The van der Waals surface area contributed by atoms with Gasteiger partial charge in [-0.05, 0) is 27.7 Å². The number of rotatable bonds is 6. The molecule has 0 aromatic rings. The summed E-state index contributed by atoms with van der Waals surface area (Å²) in [5.74, 6) is 0. The van der Waals surface area contributed by atoms with Gasteiger partial charge < -0.3 is 0 Å². The molecule has 0 spiro atoms. The normalized spacial score (nSPS) is 15.2. The van der Waals surface area contributed by atoms with Crippen molar-refractivity contribution in [1.29, 1.82) is 0 Å². The van der Waals surface area contributed by atoms with Crippen molar-refractivity contribution in [3.05, 3.63) is 12.2 Å². The van der Waals surface area contributed by atoms with Crippen LogP contribution in [-0.4, -0.2) is 37.1 Å². The van der Waals surface area contributed by atoms with E-state index in [4.69, 9.17) is 9.11 Å². The summed E-state index contributed by atoms with van der Waals surface area (Å²) in [5.41, 5.74) is -2.82. The second-order valence-corrected chi connectivity index (χ2v) is 6.61. The van der Waals surface area contributed by atoms with E-state index in [0.29, 0.717) is 0 Å². The summed E-state index contributed by atoms with van der Waals surface area (Å²) in [7, 11) is -9.29. The number of hydrogen-bond donors (Lipinski definition) is 2. The Morgan fingerprint density at radius 3 is 1.17 bits per heavy atom. The van der Waals surface area contributed by atoms with E-state index in [1.165, 1.54) is 39.8 Å². The lowest BCUT2D eigenvalue weighted by Gasteiger charge is -2.22. The summed E-state index contributed by atoms with van der Waals surface area (Å²) in [5, 5.41) is 0. The first kappa shape index (κ1) is 17.5. The van der Waals surface area contributed by atoms with Crippen molar-refractivity contribution >= 4 is 20.8 Å². The van der Waals surface area contributed by atoms with Crippen LogP contribution < -0.4 is 0 Å². The summed E-state index contributed by atoms with van der Waals surface area (Å²) in [6.07, 6.45) is 2.35. The fourth-order valence-electron chi connectivity index (χ4n) is 1.000. The third kappa shape index (κ3) is 9.50. The largest absolute Gasteiger partial charge is 0.398 e. The summed E-state index contributed by atoms with van der Waals surface area (Å²) in [6, 6.07) is 0. The molecule has 0 unspecified atom stereocenters. The zero-order valence-electron chi connectivity index (χ0n) is 10.3. The van der Waals surface area contributed by atoms with E-state index in [0.717, 1.165) is 0 Å². The molecule has 0 aliphatic carbocycles. The molecule has 0 aliphatic rings. The van der Waals surface area contributed by atoms with Crippen LogP contribution in [0.2, 0.25) is 0 Å². The molecule has 0 aromatic heterocycles. The minimum Gasteiger partial charge on any atom is -0.264 e. The molecule has 0 aromatic carbocycles. The zero-order chi connectivity index (χ0) is 14.8. The van der Waals surface area contributed by atoms with Crippen LogP contribution >= 0.6 is 0 Å². The molecule has 108 valence electrons. The number of hydrogen-bond acceptors (Lipinski definition) is 6. The molecule has 2 N–H and O–H groups in total. The van der Waals surface area contributed by atoms with Crippen LogP contribution in [0.4, 0.5) is 0 Å². The van der Waals surface area contributed by atoms with E-state index in [1.807, 2.05) is 0 Å². The van der Waals surface area contributed by atoms with Crippen molar-refractivity contribution in [3.63, 3.8) is 0 Å². The van der Waals surface area contributed by atoms with Crippen LogP contribution in [-0.2, 0) is 29.2 Å². The molecule has 0 fully saturated rings. The van der Waals surface area contributed by atoms with Crippen LogP contribution in [0.15, 0.2) is 12.2 Å². The van der Waals surface area contributed by atoms with Gasteiger partial charge in [-0.3, -0.25) is 9.11 Å². The Labute approximate surface area is 107 Å². The molecule has 10 heteroatoms. The van der Waals surface area contributed by atoms with E-state index in [2.05, 4.69) is 8.37 Å². The van der Waals surface area contributed by atoms with E-state index in [9.17, 15) is 16.8 Å². The maximum atomic E-state index is 10.5. The van der Waals surface area contributed by atoms with Gasteiger partial charge in [-0.1, -0.05) is 12.2 Å². The standard InChI is InChI=1S/C8H16O8S2/c1-7(2,15-17(9,10)11)5-6-8(3,4)16-18(12,13)14/h5-6H,1-4H3,(H,9,10,11)(H,12,13,14)/b6-5+. The first-order chi connectivity index (χ1) is 7.62. The Bertz CT molecular complexity index is 463. The fourth-order valence-corrected chi connectivity index (χ4v) is 2.20. The molecule has 0 saturated heterocycles. The maximum Gasteiger partial charge on any atom is 0.398 e. The molecule has 0 amide bonds. The smallest absolute Gasteiger partial charge is 0.264 e. The molecular weight excluding hydrogens is 288 g/mol. The van der Waals surface area contributed by atoms with Crippen LogP contribution in [0.3, 0.4) is 0 Å². The van der Waals surface area contributed by atoms with Crippen LogP contribution in [0.25, 0.3) is 0 Å². The Morgan fingerprint density at radius 1 is 0.778 bits per heavy atom. The molecule has 0 heterocycles. The molecular formula is C8H16O8S2. The molecule has 0 radical (unpaired) electrons. The summed E-state index contributed by atoms with van der Waals surface area (Å²) in [6.45, 7) is 5.28. The van der Waals surface area contributed by atoms with Crippen molar-refractivity contribution in [2.45, 2.75) is 38.9 Å². The predicted octanol–water partition coefficient (Wildman–Crippen LogP) is 0.739. The summed E-state index contributed by atoms with van der Waals surface area (Å²) in [4.78, 5) is 0. The second kappa shape index (κ2) is 5.23. The topological polar surface area (TPSA) is 127 Å². The van der Waals surface area contributed by atoms with Crippen molar-refractivity contribution < 1.29 is 34.3 Å². The van der Waals surface area contributed by atoms with E-state index >= 15 is 0 Å². The van der Waals surface area contributed by atoms with Crippen molar-refractivity contribution in [1.82, 2.24) is 0 Å². The summed E-state index contributed by atoms with van der Waals surface area (Å²) < 4.78 is 67.8. The zero-order valence-corrected chi connectivity index (χ0v) is 11.9. The maximum absolute atomic E-state index is 10.5. The lowest BCUT2D eigenvalue weighted by atomic mass is 10.0. The average molecular weight is 304 g/mol. The molecule has 0 bridgehead atoms. The van der Waals surface area contributed by atoms with Gasteiger partial charge in [0.05, 0.1) is 0 Å². The van der Waals surface area contributed by atoms with Gasteiger partial charge >= 0.3 is 20.8 Å². The molecule has 0 aliphatic heterocycles. The highest BCUT2D eigenvalue weighted by atomic mass is 32.3. The monoisotopic (exact) mass is 304 g/mol. The van der Waals surface area contributed by atoms with Gasteiger partial charge in [0.15, 0.2) is 0 Å². The molecule has 18 heavy (non-hydrogen) atoms. The van der Waals surface area contributed by atoms with Crippen LogP contribution in [0.1, 0.15) is 27.7 Å². The fraction of sp³-hybridized carbons (Fsp3) is 0.750. The van der Waals surface area contributed by atoms with E-state index in [1.54, 1.807) is 0 Å². The van der Waals surface area contributed by atoms with Crippen molar-refractivity contribution in [2.24, 2.45) is 0 Å². The van der Waals surface area contributed by atoms with E-state index < -0.39 is 32.0 Å². The lowest BCUT2D eigenvalue weighted by Crippen LogP contribution is -2.29. The molecule has 0 atom stereocenters. The van der Waals surface area contributed by atoms with Crippen molar-refractivity contribution in [2.75, 3.05) is 0 Å². The quantitative estimate of drug-likeness (QED) is 0.543. The average Bonchev–Trinajstić information content (AvgIpc) is 1.91. The minimum absolute atomic E-state index is 1.17. The van der Waals surface area contributed by atoms with Gasteiger partial charge in [-0.25, -0.2) is 8.37 Å².